The standard InChI is InChI=1S/C5H5N2O4P/c8-5(11-12(9)10)4-3-6-1-2-7-4/h1-3,12H,(H,9,10). The van der Waals surface area contributed by atoms with E-state index in [1.165, 1.54) is 12.4 Å². The van der Waals surface area contributed by atoms with E-state index in [1.54, 1.807) is 0 Å². The van der Waals surface area contributed by atoms with Crippen molar-refractivity contribution in [2.75, 3.05) is 0 Å². The average molecular weight is 188 g/mol. The van der Waals surface area contributed by atoms with Crippen LogP contribution in [0.4, 0.5) is 0 Å². The lowest BCUT2D eigenvalue weighted by molar-refractivity contribution is 0.0724. The van der Waals surface area contributed by atoms with E-state index in [0.29, 0.717) is 0 Å². The van der Waals surface area contributed by atoms with Gasteiger partial charge >= 0.3 is 14.2 Å². The molecule has 6 nitrogen and oxygen atoms in total. The normalized spacial score (nSPS) is 12.1. The van der Waals surface area contributed by atoms with Crippen LogP contribution in [0.15, 0.2) is 18.6 Å². The Kier molecular flexibility index (Phi) is 2.90. The molecule has 0 amide bonds. The summed E-state index contributed by atoms with van der Waals surface area (Å²) in [5.74, 6) is -0.950. The average Bonchev–Trinajstić information content (AvgIpc) is 2.05. The van der Waals surface area contributed by atoms with Gasteiger partial charge in [-0.05, 0) is 0 Å². The first-order valence-corrected chi connectivity index (χ1v) is 4.17. The van der Waals surface area contributed by atoms with Crippen LogP contribution in [0.1, 0.15) is 10.5 Å². The second-order valence-electron chi connectivity index (χ2n) is 1.75. The molecule has 1 aromatic heterocycles. The molecule has 0 aliphatic heterocycles. The summed E-state index contributed by atoms with van der Waals surface area (Å²) in [5, 5.41) is 0. The fourth-order valence-electron chi connectivity index (χ4n) is 0.536. The smallest absolute Gasteiger partial charge is 0.367 e. The zero-order valence-corrected chi connectivity index (χ0v) is 6.80. The van der Waals surface area contributed by atoms with Gasteiger partial charge in [0.15, 0.2) is 5.69 Å². The van der Waals surface area contributed by atoms with E-state index < -0.39 is 14.2 Å². The molecule has 7 heteroatoms. The van der Waals surface area contributed by atoms with E-state index in [0.717, 1.165) is 6.20 Å². The number of hydrogen-bond donors (Lipinski definition) is 1. The van der Waals surface area contributed by atoms with E-state index in [4.69, 9.17) is 4.89 Å². The van der Waals surface area contributed by atoms with Gasteiger partial charge in [0.25, 0.3) is 0 Å². The molecule has 12 heavy (non-hydrogen) atoms. The Morgan fingerprint density at radius 1 is 1.58 bits per heavy atom. The fraction of sp³-hybridized carbons (Fsp3) is 0. The van der Waals surface area contributed by atoms with Gasteiger partial charge in [-0.15, -0.1) is 0 Å². The first-order valence-electron chi connectivity index (χ1n) is 2.91. The van der Waals surface area contributed by atoms with Crippen LogP contribution in [0.25, 0.3) is 0 Å². The van der Waals surface area contributed by atoms with Gasteiger partial charge in [-0.1, -0.05) is 0 Å². The summed E-state index contributed by atoms with van der Waals surface area (Å²) in [5.41, 5.74) is -0.0927. The van der Waals surface area contributed by atoms with Crippen molar-refractivity contribution in [1.29, 1.82) is 0 Å². The first-order chi connectivity index (χ1) is 5.70. The van der Waals surface area contributed by atoms with Crippen molar-refractivity contribution in [3.8, 4) is 0 Å². The van der Waals surface area contributed by atoms with Crippen molar-refractivity contribution in [3.63, 3.8) is 0 Å². The largest absolute Gasteiger partial charge is 0.389 e. The molecule has 0 fully saturated rings. The lowest BCUT2D eigenvalue weighted by Gasteiger charge is -1.96. The summed E-state index contributed by atoms with van der Waals surface area (Å²) in [4.78, 5) is 26.2. The molecule has 1 N–H and O–H groups in total. The van der Waals surface area contributed by atoms with Crippen molar-refractivity contribution >= 4 is 14.2 Å². The van der Waals surface area contributed by atoms with Gasteiger partial charge in [0.1, 0.15) is 0 Å². The molecule has 0 radical (unpaired) electrons. The van der Waals surface area contributed by atoms with Crippen LogP contribution in [-0.4, -0.2) is 20.8 Å². The van der Waals surface area contributed by atoms with Crippen molar-refractivity contribution in [2.24, 2.45) is 0 Å². The molecule has 1 unspecified atom stereocenters. The summed E-state index contributed by atoms with van der Waals surface area (Å²) in [6.45, 7) is 0. The first kappa shape index (κ1) is 8.83. The number of nitrogens with zero attached hydrogens (tertiary/aromatic N) is 2. The third-order valence-electron chi connectivity index (χ3n) is 0.952. The number of hydrogen-bond acceptors (Lipinski definition) is 5. The Hall–Kier alpha value is -1.26. The third-order valence-corrected chi connectivity index (χ3v) is 1.31. The highest BCUT2D eigenvalue weighted by Crippen LogP contribution is 2.16. The second-order valence-corrected chi connectivity index (χ2v) is 2.48. The molecule has 0 bridgehead atoms. The predicted octanol–water partition coefficient (Wildman–Crippen LogP) is 0.0154. The van der Waals surface area contributed by atoms with E-state index in [-0.39, 0.29) is 5.69 Å². The molecule has 1 rings (SSSR count). The van der Waals surface area contributed by atoms with Gasteiger partial charge in [0, 0.05) is 12.4 Å². The summed E-state index contributed by atoms with van der Waals surface area (Å²) >= 11 is 0. The van der Waals surface area contributed by atoms with Crippen molar-refractivity contribution < 1.29 is 18.8 Å². The van der Waals surface area contributed by atoms with Gasteiger partial charge in [-0.2, -0.15) is 0 Å². The molecule has 0 saturated carbocycles. The zero-order valence-electron chi connectivity index (χ0n) is 5.80. The van der Waals surface area contributed by atoms with Crippen LogP contribution in [0.3, 0.4) is 0 Å². The van der Waals surface area contributed by atoms with Crippen LogP contribution in [0.5, 0.6) is 0 Å². The van der Waals surface area contributed by atoms with Crippen molar-refractivity contribution in [3.05, 3.63) is 24.3 Å². The molecule has 1 heterocycles. The molecule has 0 aliphatic carbocycles. The minimum absolute atomic E-state index is 0.0927. The summed E-state index contributed by atoms with van der Waals surface area (Å²) in [6.07, 6.45) is 3.80. The quantitative estimate of drug-likeness (QED) is 0.657. The van der Waals surface area contributed by atoms with Gasteiger partial charge < -0.3 is 9.42 Å². The van der Waals surface area contributed by atoms with E-state index in [1.807, 2.05) is 0 Å². The number of rotatable bonds is 2. The molecule has 1 aromatic rings. The fourth-order valence-corrected chi connectivity index (χ4v) is 0.799. The molecule has 0 aromatic carbocycles. The van der Waals surface area contributed by atoms with Gasteiger partial charge in [-0.3, -0.25) is 4.98 Å². The lowest BCUT2D eigenvalue weighted by atomic mass is 10.5. The second kappa shape index (κ2) is 3.94. The van der Waals surface area contributed by atoms with E-state index in [9.17, 15) is 9.36 Å². The number of carbonyl (C=O) groups is 1. The van der Waals surface area contributed by atoms with Crippen LogP contribution >= 0.6 is 8.25 Å². The zero-order chi connectivity index (χ0) is 8.97. The highest BCUT2D eigenvalue weighted by Gasteiger charge is 2.09. The summed E-state index contributed by atoms with van der Waals surface area (Å²) in [7, 11) is -3.25. The van der Waals surface area contributed by atoms with Crippen molar-refractivity contribution in [2.45, 2.75) is 0 Å². The van der Waals surface area contributed by atoms with Crippen LogP contribution in [0.2, 0.25) is 0 Å². The highest BCUT2D eigenvalue weighted by molar-refractivity contribution is 7.32. The topological polar surface area (TPSA) is 89.4 Å². The van der Waals surface area contributed by atoms with Gasteiger partial charge in [0.2, 0.25) is 0 Å². The van der Waals surface area contributed by atoms with Crippen LogP contribution < -0.4 is 0 Å². The molecular weight excluding hydrogens is 183 g/mol. The summed E-state index contributed by atoms with van der Waals surface area (Å²) in [6, 6.07) is 0. The van der Waals surface area contributed by atoms with Crippen molar-refractivity contribution in [1.82, 2.24) is 9.97 Å². The molecule has 0 saturated heterocycles. The number of carbonyl (C=O) groups excluding carboxylic acids is 1. The van der Waals surface area contributed by atoms with Gasteiger partial charge in [-0.25, -0.2) is 14.3 Å². The lowest BCUT2D eigenvalue weighted by Crippen LogP contribution is -2.02. The highest BCUT2D eigenvalue weighted by atomic mass is 31.1. The predicted molar refractivity (Wildman–Crippen MR) is 38.7 cm³/mol. The Bertz CT molecular complexity index is 302. The minimum atomic E-state index is -3.25. The molecular formula is C5H5N2O4P. The Morgan fingerprint density at radius 2 is 2.33 bits per heavy atom. The molecule has 64 valence electrons. The molecule has 1 atom stereocenters. The molecule has 0 aliphatic rings. The van der Waals surface area contributed by atoms with Crippen LogP contribution in [-0.2, 0) is 9.09 Å². The van der Waals surface area contributed by atoms with Crippen LogP contribution in [0, 0.1) is 0 Å². The maximum Gasteiger partial charge on any atom is 0.367 e. The van der Waals surface area contributed by atoms with E-state index >= 15 is 0 Å². The van der Waals surface area contributed by atoms with Gasteiger partial charge in [0.05, 0.1) is 6.20 Å². The van der Waals surface area contributed by atoms with E-state index in [2.05, 4.69) is 14.5 Å². The Morgan fingerprint density at radius 3 is 2.83 bits per heavy atom. The SMILES string of the molecule is O=C(O[PH](=O)O)c1cnccn1. The minimum Gasteiger partial charge on any atom is -0.389 e. The molecule has 0 spiro atoms. The number of aromatic nitrogens is 2. The Labute approximate surface area is 68.2 Å². The monoisotopic (exact) mass is 188 g/mol. The maximum atomic E-state index is 10.8. The Balaban J connectivity index is 2.73. The summed E-state index contributed by atoms with van der Waals surface area (Å²) < 4.78 is 14.1. The third kappa shape index (κ3) is 2.41. The maximum absolute atomic E-state index is 10.8.